The molecule has 0 unspecified atom stereocenters. The van der Waals surface area contributed by atoms with Crippen LogP contribution in [0.5, 0.6) is 0 Å². The van der Waals surface area contributed by atoms with Crippen LogP contribution >= 0.6 is 0 Å². The molecule has 0 bridgehead atoms. The highest BCUT2D eigenvalue weighted by Crippen LogP contribution is 2.27. The number of hydrogen-bond donors (Lipinski definition) is 1. The van der Waals surface area contributed by atoms with Crippen molar-refractivity contribution < 1.29 is 9.59 Å². The van der Waals surface area contributed by atoms with Crippen molar-refractivity contribution in [1.82, 2.24) is 4.90 Å². The Kier molecular flexibility index (Phi) is 3.13. The summed E-state index contributed by atoms with van der Waals surface area (Å²) in [6.45, 7) is 2.40. The van der Waals surface area contributed by atoms with Crippen LogP contribution in [0.25, 0.3) is 0 Å². The third-order valence-corrected chi connectivity index (χ3v) is 3.31. The number of carbonyl (C=O) groups excluding carboxylic acids is 2. The van der Waals surface area contributed by atoms with Gasteiger partial charge in [0.1, 0.15) is 0 Å². The van der Waals surface area contributed by atoms with Crippen molar-refractivity contribution in [3.63, 3.8) is 0 Å². The number of likely N-dealkylation sites (tertiary alicyclic amines) is 1. The quantitative estimate of drug-likeness (QED) is 0.847. The van der Waals surface area contributed by atoms with Gasteiger partial charge in [-0.1, -0.05) is 30.3 Å². The second kappa shape index (κ2) is 4.57. The standard InChI is InChI=1S/C13H16N2O2/c1-9(10-5-3-2-4-6-10)15-8-11(13(14)17)7-12(15)16/h2-6,9,11H,7-8H2,1H3,(H2,14,17)/t9-,11-/m0/s1. The Morgan fingerprint density at radius 1 is 1.41 bits per heavy atom. The van der Waals surface area contributed by atoms with Gasteiger partial charge >= 0.3 is 0 Å². The summed E-state index contributed by atoms with van der Waals surface area (Å²) in [5.41, 5.74) is 6.32. The first kappa shape index (κ1) is 11.6. The van der Waals surface area contributed by atoms with Crippen LogP contribution in [0.15, 0.2) is 30.3 Å². The number of amides is 2. The van der Waals surface area contributed by atoms with E-state index in [4.69, 9.17) is 5.73 Å². The molecule has 2 atom stereocenters. The predicted octanol–water partition coefficient (Wildman–Crippen LogP) is 1.08. The number of benzene rings is 1. The number of nitrogens with two attached hydrogens (primary N) is 1. The Labute approximate surface area is 100 Å². The van der Waals surface area contributed by atoms with Gasteiger partial charge in [-0.2, -0.15) is 0 Å². The van der Waals surface area contributed by atoms with E-state index in [0.29, 0.717) is 6.54 Å². The first-order chi connectivity index (χ1) is 8.09. The summed E-state index contributed by atoms with van der Waals surface area (Å²) in [6, 6.07) is 9.78. The van der Waals surface area contributed by atoms with Crippen LogP contribution < -0.4 is 5.73 Å². The van der Waals surface area contributed by atoms with Crippen LogP contribution in [0.3, 0.4) is 0 Å². The fraction of sp³-hybridized carbons (Fsp3) is 0.385. The number of hydrogen-bond acceptors (Lipinski definition) is 2. The van der Waals surface area contributed by atoms with Gasteiger partial charge in [0, 0.05) is 13.0 Å². The third kappa shape index (κ3) is 2.30. The molecule has 0 radical (unpaired) electrons. The van der Waals surface area contributed by atoms with Crippen LogP contribution in [0.4, 0.5) is 0 Å². The molecule has 4 nitrogen and oxygen atoms in total. The lowest BCUT2D eigenvalue weighted by Gasteiger charge is -2.24. The average molecular weight is 232 g/mol. The van der Waals surface area contributed by atoms with E-state index in [2.05, 4.69) is 0 Å². The third-order valence-electron chi connectivity index (χ3n) is 3.31. The maximum atomic E-state index is 11.8. The van der Waals surface area contributed by atoms with Crippen molar-refractivity contribution >= 4 is 11.8 Å². The van der Waals surface area contributed by atoms with Gasteiger partial charge in [0.25, 0.3) is 0 Å². The Morgan fingerprint density at radius 3 is 2.59 bits per heavy atom. The summed E-state index contributed by atoms with van der Waals surface area (Å²) < 4.78 is 0. The second-order valence-corrected chi connectivity index (χ2v) is 4.44. The fourth-order valence-corrected chi connectivity index (χ4v) is 2.21. The van der Waals surface area contributed by atoms with E-state index < -0.39 is 0 Å². The highest BCUT2D eigenvalue weighted by Gasteiger charge is 2.35. The van der Waals surface area contributed by atoms with Crippen molar-refractivity contribution in [2.75, 3.05) is 6.54 Å². The van der Waals surface area contributed by atoms with Crippen LogP contribution in [-0.4, -0.2) is 23.3 Å². The average Bonchev–Trinajstić information content (AvgIpc) is 2.72. The maximum Gasteiger partial charge on any atom is 0.223 e. The van der Waals surface area contributed by atoms with E-state index in [1.165, 1.54) is 0 Å². The Morgan fingerprint density at radius 2 is 2.06 bits per heavy atom. The SMILES string of the molecule is C[C@@H](c1ccccc1)N1C[C@@H](C(N)=O)CC1=O. The van der Waals surface area contributed by atoms with Gasteiger partial charge in [-0.15, -0.1) is 0 Å². The highest BCUT2D eigenvalue weighted by atomic mass is 16.2. The molecule has 1 aromatic carbocycles. The van der Waals surface area contributed by atoms with Gasteiger partial charge in [-0.3, -0.25) is 9.59 Å². The van der Waals surface area contributed by atoms with Crippen molar-refractivity contribution in [3.8, 4) is 0 Å². The molecule has 4 heteroatoms. The maximum absolute atomic E-state index is 11.8. The summed E-state index contributed by atoms with van der Waals surface area (Å²) in [6.07, 6.45) is 0.243. The zero-order valence-electron chi connectivity index (χ0n) is 9.80. The van der Waals surface area contributed by atoms with Crippen LogP contribution in [-0.2, 0) is 9.59 Å². The van der Waals surface area contributed by atoms with Gasteiger partial charge in [0.2, 0.25) is 11.8 Å². The van der Waals surface area contributed by atoms with Crippen molar-refractivity contribution in [2.45, 2.75) is 19.4 Å². The molecule has 1 fully saturated rings. The van der Waals surface area contributed by atoms with Gasteiger partial charge < -0.3 is 10.6 Å². The molecule has 90 valence electrons. The number of nitrogens with zero attached hydrogens (tertiary/aromatic N) is 1. The number of rotatable bonds is 3. The molecule has 0 aliphatic carbocycles. The fourth-order valence-electron chi connectivity index (χ4n) is 2.21. The zero-order valence-corrected chi connectivity index (χ0v) is 9.80. The summed E-state index contributed by atoms with van der Waals surface area (Å²) in [5.74, 6) is -0.722. The number of primary amides is 1. The molecule has 0 saturated carbocycles. The number of carbonyl (C=O) groups is 2. The molecular weight excluding hydrogens is 216 g/mol. The van der Waals surface area contributed by atoms with Crippen molar-refractivity contribution in [2.24, 2.45) is 11.7 Å². The first-order valence-corrected chi connectivity index (χ1v) is 5.73. The molecule has 17 heavy (non-hydrogen) atoms. The Bertz CT molecular complexity index is 430. The minimum absolute atomic E-state index is 0.00477. The summed E-state index contributed by atoms with van der Waals surface area (Å²) in [7, 11) is 0. The highest BCUT2D eigenvalue weighted by molar-refractivity contribution is 5.88. The second-order valence-electron chi connectivity index (χ2n) is 4.44. The molecule has 1 saturated heterocycles. The molecule has 0 aromatic heterocycles. The predicted molar refractivity (Wildman–Crippen MR) is 63.9 cm³/mol. The Balaban J connectivity index is 2.14. The van der Waals surface area contributed by atoms with E-state index in [1.807, 2.05) is 37.3 Å². The monoisotopic (exact) mass is 232 g/mol. The molecule has 2 rings (SSSR count). The van der Waals surface area contributed by atoms with Gasteiger partial charge in [-0.05, 0) is 12.5 Å². The summed E-state index contributed by atoms with van der Waals surface area (Å²) in [5, 5.41) is 0. The summed E-state index contributed by atoms with van der Waals surface area (Å²) >= 11 is 0. The lowest BCUT2D eigenvalue weighted by molar-refractivity contribution is -0.130. The topological polar surface area (TPSA) is 63.4 Å². The van der Waals surface area contributed by atoms with E-state index >= 15 is 0 Å². The van der Waals surface area contributed by atoms with Gasteiger partial charge in [0.05, 0.1) is 12.0 Å². The Hall–Kier alpha value is -1.84. The van der Waals surface area contributed by atoms with Gasteiger partial charge in [0.15, 0.2) is 0 Å². The van der Waals surface area contributed by atoms with Crippen LogP contribution in [0.1, 0.15) is 24.9 Å². The minimum atomic E-state index is -0.388. The molecule has 1 heterocycles. The normalized spacial score (nSPS) is 21.6. The largest absolute Gasteiger partial charge is 0.369 e. The van der Waals surface area contributed by atoms with Crippen LogP contribution in [0.2, 0.25) is 0 Å². The zero-order chi connectivity index (χ0) is 12.4. The lowest BCUT2D eigenvalue weighted by atomic mass is 10.1. The van der Waals surface area contributed by atoms with E-state index in [-0.39, 0.29) is 30.2 Å². The molecule has 2 amide bonds. The smallest absolute Gasteiger partial charge is 0.223 e. The van der Waals surface area contributed by atoms with Gasteiger partial charge in [-0.25, -0.2) is 0 Å². The molecule has 1 aliphatic rings. The lowest BCUT2D eigenvalue weighted by Crippen LogP contribution is -2.30. The minimum Gasteiger partial charge on any atom is -0.369 e. The van der Waals surface area contributed by atoms with Crippen molar-refractivity contribution in [1.29, 1.82) is 0 Å². The van der Waals surface area contributed by atoms with E-state index in [0.717, 1.165) is 5.56 Å². The van der Waals surface area contributed by atoms with Crippen molar-refractivity contribution in [3.05, 3.63) is 35.9 Å². The van der Waals surface area contributed by atoms with E-state index in [1.54, 1.807) is 4.90 Å². The summed E-state index contributed by atoms with van der Waals surface area (Å²) in [4.78, 5) is 24.6. The molecule has 2 N–H and O–H groups in total. The first-order valence-electron chi connectivity index (χ1n) is 5.73. The molecule has 1 aromatic rings. The molecule has 0 spiro atoms. The molecule has 1 aliphatic heterocycles. The van der Waals surface area contributed by atoms with E-state index in [9.17, 15) is 9.59 Å². The van der Waals surface area contributed by atoms with Crippen LogP contribution in [0, 0.1) is 5.92 Å². The molecular formula is C13H16N2O2.